The fourth-order valence-electron chi connectivity index (χ4n) is 2.66. The van der Waals surface area contributed by atoms with Crippen molar-refractivity contribution in [2.75, 3.05) is 14.2 Å². The van der Waals surface area contributed by atoms with Gasteiger partial charge < -0.3 is 19.6 Å². The van der Waals surface area contributed by atoms with Gasteiger partial charge in [-0.15, -0.1) is 0 Å². The molecule has 3 N–H and O–H groups in total. The van der Waals surface area contributed by atoms with E-state index in [9.17, 15) is 9.90 Å². The van der Waals surface area contributed by atoms with Gasteiger partial charge in [-0.2, -0.15) is 5.10 Å². The number of nitrogens with one attached hydrogen (secondary N) is 2. The van der Waals surface area contributed by atoms with Gasteiger partial charge in [0, 0.05) is 29.2 Å². The van der Waals surface area contributed by atoms with E-state index in [4.69, 9.17) is 9.47 Å². The Balaban J connectivity index is 1.70. The highest BCUT2D eigenvalue weighted by Crippen LogP contribution is 2.31. The number of carbonyl (C=O) groups excluding carboxylic acids is 1. The molecule has 1 amide bonds. The van der Waals surface area contributed by atoms with Gasteiger partial charge in [0.05, 0.1) is 32.4 Å². The zero-order chi connectivity index (χ0) is 18.5. The standard InChI is InChI=1S/C19H19N3O4/c1-25-13-8-17(23)15(18(9-13)26-2)11-21-22-19(24)7-12-10-20-16-6-4-3-5-14(12)16/h3-6,8-11,20,23H,7H2,1-2H3,(H,22,24). The Morgan fingerprint density at radius 2 is 2.08 bits per heavy atom. The largest absolute Gasteiger partial charge is 0.507 e. The molecule has 0 saturated heterocycles. The van der Waals surface area contributed by atoms with Crippen molar-refractivity contribution >= 4 is 23.0 Å². The van der Waals surface area contributed by atoms with Gasteiger partial charge in [0.1, 0.15) is 17.2 Å². The Labute approximate surface area is 150 Å². The van der Waals surface area contributed by atoms with Crippen LogP contribution in [0.3, 0.4) is 0 Å². The van der Waals surface area contributed by atoms with E-state index < -0.39 is 0 Å². The molecule has 0 spiro atoms. The minimum Gasteiger partial charge on any atom is -0.507 e. The molecule has 1 aromatic heterocycles. The number of rotatable bonds is 6. The monoisotopic (exact) mass is 353 g/mol. The number of hydrogen-bond donors (Lipinski definition) is 3. The van der Waals surface area contributed by atoms with Crippen molar-refractivity contribution in [1.29, 1.82) is 0 Å². The third-order valence-corrected chi connectivity index (χ3v) is 3.96. The van der Waals surface area contributed by atoms with Gasteiger partial charge in [-0.05, 0) is 11.6 Å². The Hall–Kier alpha value is -3.48. The number of ether oxygens (including phenoxy) is 2. The number of aromatic hydroxyl groups is 1. The molecule has 0 bridgehead atoms. The highest BCUT2D eigenvalue weighted by Gasteiger charge is 2.11. The molecule has 0 saturated carbocycles. The van der Waals surface area contributed by atoms with Crippen LogP contribution in [0.1, 0.15) is 11.1 Å². The smallest absolute Gasteiger partial charge is 0.244 e. The number of para-hydroxylation sites is 1. The van der Waals surface area contributed by atoms with Crippen LogP contribution in [0.2, 0.25) is 0 Å². The first-order valence-corrected chi connectivity index (χ1v) is 7.94. The summed E-state index contributed by atoms with van der Waals surface area (Å²) in [6.45, 7) is 0. The molecule has 3 rings (SSSR count). The summed E-state index contributed by atoms with van der Waals surface area (Å²) in [6.07, 6.45) is 3.33. The summed E-state index contributed by atoms with van der Waals surface area (Å²) in [5.41, 5.74) is 4.67. The number of aromatic nitrogens is 1. The first-order chi connectivity index (χ1) is 12.6. The number of amides is 1. The van der Waals surface area contributed by atoms with Crippen LogP contribution in [0.15, 0.2) is 47.7 Å². The van der Waals surface area contributed by atoms with Crippen molar-refractivity contribution in [3.05, 3.63) is 53.7 Å². The summed E-state index contributed by atoms with van der Waals surface area (Å²) < 4.78 is 10.3. The summed E-state index contributed by atoms with van der Waals surface area (Å²) in [5, 5.41) is 15.0. The summed E-state index contributed by atoms with van der Waals surface area (Å²) >= 11 is 0. The lowest BCUT2D eigenvalue weighted by Gasteiger charge is -2.09. The van der Waals surface area contributed by atoms with Crippen molar-refractivity contribution in [3.63, 3.8) is 0 Å². The molecule has 0 atom stereocenters. The van der Waals surface area contributed by atoms with Crippen molar-refractivity contribution in [1.82, 2.24) is 10.4 Å². The lowest BCUT2D eigenvalue weighted by molar-refractivity contribution is -0.120. The second-order valence-electron chi connectivity index (χ2n) is 5.59. The third kappa shape index (κ3) is 3.61. The molecule has 7 heteroatoms. The van der Waals surface area contributed by atoms with E-state index >= 15 is 0 Å². The molecule has 0 radical (unpaired) electrons. The fraction of sp³-hybridized carbons (Fsp3) is 0.158. The maximum atomic E-state index is 12.1. The van der Waals surface area contributed by atoms with Crippen LogP contribution in [0.5, 0.6) is 17.2 Å². The van der Waals surface area contributed by atoms with Gasteiger partial charge in [0.25, 0.3) is 0 Å². The van der Waals surface area contributed by atoms with E-state index in [-0.39, 0.29) is 18.1 Å². The number of phenolic OH excluding ortho intramolecular Hbond substituents is 1. The van der Waals surface area contributed by atoms with Gasteiger partial charge in [-0.25, -0.2) is 5.43 Å². The second-order valence-corrected chi connectivity index (χ2v) is 5.59. The Morgan fingerprint density at radius 1 is 1.27 bits per heavy atom. The molecule has 3 aromatic rings. The minimum atomic E-state index is -0.266. The van der Waals surface area contributed by atoms with Gasteiger partial charge >= 0.3 is 0 Å². The lowest BCUT2D eigenvalue weighted by atomic mass is 10.1. The Bertz CT molecular complexity index is 963. The van der Waals surface area contributed by atoms with Crippen LogP contribution in [0, 0.1) is 0 Å². The number of benzene rings is 2. The van der Waals surface area contributed by atoms with E-state index in [0.29, 0.717) is 17.1 Å². The fourth-order valence-corrected chi connectivity index (χ4v) is 2.66. The topological polar surface area (TPSA) is 95.9 Å². The Kier molecular flexibility index (Phi) is 5.07. The number of hydrazone groups is 1. The normalized spacial score (nSPS) is 11.0. The molecule has 0 aliphatic carbocycles. The molecule has 7 nitrogen and oxygen atoms in total. The number of nitrogens with zero attached hydrogens (tertiary/aromatic N) is 1. The van der Waals surface area contributed by atoms with Crippen molar-refractivity contribution < 1.29 is 19.4 Å². The van der Waals surface area contributed by atoms with Gasteiger partial charge in [0.15, 0.2) is 0 Å². The first-order valence-electron chi connectivity index (χ1n) is 7.94. The minimum absolute atomic E-state index is 0.0594. The van der Waals surface area contributed by atoms with Gasteiger partial charge in [-0.3, -0.25) is 4.79 Å². The van der Waals surface area contributed by atoms with E-state index in [2.05, 4.69) is 15.5 Å². The summed E-state index contributed by atoms with van der Waals surface area (Å²) in [4.78, 5) is 15.3. The average Bonchev–Trinajstić information content (AvgIpc) is 3.05. The first kappa shape index (κ1) is 17.3. The highest BCUT2D eigenvalue weighted by atomic mass is 16.5. The quantitative estimate of drug-likeness (QED) is 0.469. The zero-order valence-corrected chi connectivity index (χ0v) is 14.4. The summed E-state index contributed by atoms with van der Waals surface area (Å²) in [5.74, 6) is 0.519. The molecule has 0 unspecified atom stereocenters. The highest BCUT2D eigenvalue weighted by molar-refractivity contribution is 5.91. The van der Waals surface area contributed by atoms with Gasteiger partial charge in [0.2, 0.25) is 5.91 Å². The Morgan fingerprint density at radius 3 is 2.85 bits per heavy atom. The van der Waals surface area contributed by atoms with Crippen LogP contribution in [-0.4, -0.2) is 36.4 Å². The number of carbonyl (C=O) groups is 1. The maximum absolute atomic E-state index is 12.1. The van der Waals surface area contributed by atoms with Gasteiger partial charge in [-0.1, -0.05) is 18.2 Å². The van der Waals surface area contributed by atoms with Crippen LogP contribution in [0.25, 0.3) is 10.9 Å². The van der Waals surface area contributed by atoms with Crippen LogP contribution < -0.4 is 14.9 Å². The molecule has 0 fully saturated rings. The SMILES string of the molecule is COc1cc(O)c(C=NNC(=O)Cc2c[nH]c3ccccc23)c(OC)c1. The molecule has 0 aliphatic heterocycles. The average molecular weight is 353 g/mol. The second kappa shape index (κ2) is 7.60. The van der Waals surface area contributed by atoms with E-state index in [1.54, 1.807) is 6.07 Å². The lowest BCUT2D eigenvalue weighted by Crippen LogP contribution is -2.19. The molecule has 1 heterocycles. The third-order valence-electron chi connectivity index (χ3n) is 3.96. The number of fused-ring (bicyclic) bond motifs is 1. The molecule has 0 aliphatic rings. The zero-order valence-electron chi connectivity index (χ0n) is 14.4. The molecular formula is C19H19N3O4. The summed E-state index contributed by atoms with van der Waals surface area (Å²) in [7, 11) is 2.97. The molecule has 26 heavy (non-hydrogen) atoms. The summed E-state index contributed by atoms with van der Waals surface area (Å²) in [6, 6.07) is 10.8. The van der Waals surface area contributed by atoms with Crippen molar-refractivity contribution in [2.45, 2.75) is 6.42 Å². The molecular weight excluding hydrogens is 334 g/mol. The molecule has 134 valence electrons. The van der Waals surface area contributed by atoms with E-state index in [0.717, 1.165) is 16.5 Å². The number of hydrogen-bond acceptors (Lipinski definition) is 5. The van der Waals surface area contributed by atoms with Crippen LogP contribution in [-0.2, 0) is 11.2 Å². The maximum Gasteiger partial charge on any atom is 0.244 e. The number of H-pyrrole nitrogens is 1. The predicted molar refractivity (Wildman–Crippen MR) is 99.0 cm³/mol. The van der Waals surface area contributed by atoms with Crippen LogP contribution >= 0.6 is 0 Å². The number of phenols is 1. The van der Waals surface area contributed by atoms with E-state index in [1.165, 1.54) is 26.5 Å². The molecule has 2 aromatic carbocycles. The number of methoxy groups -OCH3 is 2. The van der Waals surface area contributed by atoms with Crippen LogP contribution in [0.4, 0.5) is 0 Å². The van der Waals surface area contributed by atoms with Crippen molar-refractivity contribution in [2.24, 2.45) is 5.10 Å². The van der Waals surface area contributed by atoms with Crippen molar-refractivity contribution in [3.8, 4) is 17.2 Å². The van der Waals surface area contributed by atoms with E-state index in [1.807, 2.05) is 30.5 Å². The predicted octanol–water partition coefficient (Wildman–Crippen LogP) is 2.58. The number of aromatic amines is 1.